The number of aliphatic hydroxyl groups is 2. The Labute approximate surface area is 703 Å². The van der Waals surface area contributed by atoms with Crippen LogP contribution in [0.15, 0.2) is 25.3 Å². The molecule has 12 saturated carbocycles. The lowest BCUT2D eigenvalue weighted by molar-refractivity contribution is -0.958. The first-order valence-corrected chi connectivity index (χ1v) is 46.5. The summed E-state index contributed by atoms with van der Waals surface area (Å²) < 4.78 is 43.3. The van der Waals surface area contributed by atoms with Gasteiger partial charge >= 0.3 is 17.9 Å². The maximum Gasteiger partial charge on any atom is 0.302 e. The Morgan fingerprint density at radius 1 is 0.451 bits per heavy atom. The van der Waals surface area contributed by atoms with Crippen LogP contribution in [0.5, 0.6) is 0 Å². The van der Waals surface area contributed by atoms with Gasteiger partial charge in [0, 0.05) is 87.1 Å². The van der Waals surface area contributed by atoms with Crippen LogP contribution in [0.25, 0.3) is 0 Å². The molecule has 6 saturated heterocycles. The van der Waals surface area contributed by atoms with Crippen LogP contribution in [0.3, 0.4) is 0 Å². The van der Waals surface area contributed by atoms with E-state index >= 15 is 0 Å². The van der Waals surface area contributed by atoms with Gasteiger partial charge in [0.05, 0.1) is 58.9 Å². The van der Waals surface area contributed by atoms with Crippen LogP contribution >= 0.6 is 17.0 Å². The smallest absolute Gasteiger partial charge is 0.302 e. The zero-order valence-electron chi connectivity index (χ0n) is 71.7. The zero-order valence-corrected chi connectivity index (χ0v) is 75.0. The van der Waals surface area contributed by atoms with E-state index in [1.54, 1.807) is 25.7 Å². The molecule has 0 aromatic carbocycles. The van der Waals surface area contributed by atoms with E-state index in [1.807, 2.05) is 6.08 Å². The Hall–Kier alpha value is -1.63. The van der Waals surface area contributed by atoms with E-state index in [-0.39, 0.29) is 110 Å². The maximum absolute atomic E-state index is 12.3. The molecule has 9 unspecified atom stereocenters. The maximum atomic E-state index is 12.3. The van der Waals surface area contributed by atoms with Gasteiger partial charge in [0.1, 0.15) is 68.8 Å². The second-order valence-corrected chi connectivity index (χ2v) is 42.4. The molecule has 0 bridgehead atoms. The van der Waals surface area contributed by atoms with Crippen LogP contribution in [-0.2, 0) is 47.5 Å². The largest absolute Gasteiger partial charge is 1.00 e. The van der Waals surface area contributed by atoms with Crippen molar-refractivity contribution in [3.05, 3.63) is 25.3 Å². The summed E-state index contributed by atoms with van der Waals surface area (Å²) in [5.41, 5.74) is 1.23. The van der Waals surface area contributed by atoms with Crippen LogP contribution in [-0.4, -0.2) is 256 Å². The molecular weight excluding hydrogens is 1550 g/mol. The number of likely N-dealkylation sites (tertiary alicyclic amines) is 3. The van der Waals surface area contributed by atoms with Gasteiger partial charge in [-0.3, -0.25) is 34.0 Å². The van der Waals surface area contributed by atoms with E-state index in [0.717, 1.165) is 158 Å². The molecule has 3 N–H and O–H groups in total. The third kappa shape index (κ3) is 16.1. The van der Waals surface area contributed by atoms with Gasteiger partial charge in [0.25, 0.3) is 0 Å². The molecule has 0 amide bonds. The van der Waals surface area contributed by atoms with Crippen molar-refractivity contribution in [3.8, 4) is 0 Å². The molecule has 642 valence electrons. The van der Waals surface area contributed by atoms with E-state index in [0.29, 0.717) is 95.2 Å². The fourth-order valence-corrected chi connectivity index (χ4v) is 32.4. The number of fused-ring (bicyclic) bond motifs is 15. The first-order valence-electron chi connectivity index (χ1n) is 46.5. The van der Waals surface area contributed by atoms with E-state index in [4.69, 9.17) is 33.2 Å². The lowest BCUT2D eigenvalue weighted by Gasteiger charge is -2.63. The van der Waals surface area contributed by atoms with Crippen molar-refractivity contribution in [2.75, 3.05) is 131 Å². The summed E-state index contributed by atoms with van der Waals surface area (Å²) in [5.74, 6) is 8.02. The number of aliphatic hydroxyl groups excluding tert-OH is 2. The topological polar surface area (TPSA) is 174 Å². The number of carbonyl (C=O) groups excluding carboxylic acids is 3. The van der Waals surface area contributed by atoms with E-state index in [2.05, 4.69) is 80.4 Å². The molecule has 18 fully saturated rings. The SMILES string of the molecule is Br.C=CCO[C@H]1C[C@@H]2CCC3C4C[C@H](N5CCCC5)[C@H](OC(C)=O)[C@@]4(C)CCC3[C@@]2(C)C[C@@H]1N1CCOCC1.C=CC[N+]1([C@H]2C[C@]3(C)C4CC[C@@]5(C)C(C[C@H](N6CCCC6)[C@@H]5OC(C)=O)C4CC[C@H]3C[C@@H]2O)CCOCC1.CC(=O)O[C@H]1[C@@H](N2CCCC2)CC2C3CC[C@H]4C[C@H](O)[C@@H]([NH+]5CCOCC5)C[C@]4(C)C3CC[C@@]21C.[Br-]. The molecule has 20 heteroatoms. The summed E-state index contributed by atoms with van der Waals surface area (Å²) >= 11 is 0. The summed E-state index contributed by atoms with van der Waals surface area (Å²) in [7, 11) is 0. The standard InChI is InChI=1S/C32H52N2O4.C32H53N2O4.C29H48N2O4.2BrH/c1-5-16-37-29-19-23-8-9-24-25(32(23,4)21-28(29)34-14-17-36-18-15-34)10-11-31(3)26(24)20-27(30(31)38-22(2)35)33-12-6-7-13-33;1-5-14-34(15-17-37-18-16-34)28-21-32(4)23(19-29(28)36)8-9-24-25(32)10-11-31(3)26(24)20-27(30(31)38-22(2)35)33-12-6-7-13-33;1-19(32)35-27-24(30-10-4-5-11-30)17-23-21-7-6-20-16-26(33)25(31-12-14-34-15-13-31)18-29(20,3)22(21)8-9-28(23,27)2;;/h5,23-30H,1,6-21H2,2-4H3;5,23-30,36H,1,6-21H2,2-4H3;20-27,33H,4-18H2,1-3H3;2*1H/q;+1;;;/t2*23-,24?,25?,26?,27-,28-,29-,30-,31-,32-;20-,21?,22?,23?,24-,25-,26-,27-,28-,29-;;/m000../s1. The number of hydrogen-bond donors (Lipinski definition) is 3. The first-order chi connectivity index (χ1) is 53.4. The number of nitrogens with zero attached hydrogens (tertiary/aromatic N) is 5. The van der Waals surface area contributed by atoms with Crippen LogP contribution in [0, 0.1) is 104 Å². The number of esters is 3. The summed E-state index contributed by atoms with van der Waals surface area (Å²) in [4.78, 5) is 49.1. The van der Waals surface area contributed by atoms with Crippen molar-refractivity contribution in [2.45, 2.75) is 309 Å². The van der Waals surface area contributed by atoms with Crippen molar-refractivity contribution in [2.24, 2.45) is 104 Å². The van der Waals surface area contributed by atoms with Crippen LogP contribution in [0.2, 0.25) is 0 Å². The third-order valence-corrected chi connectivity index (χ3v) is 37.7. The lowest BCUT2D eigenvalue weighted by atomic mass is 9.44. The number of halogens is 2. The van der Waals surface area contributed by atoms with E-state index < -0.39 is 0 Å². The Kier molecular flexibility index (Phi) is 27.7. The predicted octanol–water partition coefficient (Wildman–Crippen LogP) is 9.20. The van der Waals surface area contributed by atoms with Crippen molar-refractivity contribution in [1.29, 1.82) is 0 Å². The quantitative estimate of drug-likeness (QED) is 0.0650. The summed E-state index contributed by atoms with van der Waals surface area (Å²) in [5, 5.41) is 22.8. The van der Waals surface area contributed by atoms with E-state index in [1.165, 1.54) is 174 Å². The Morgan fingerprint density at radius 2 is 0.832 bits per heavy atom. The molecule has 0 aromatic rings. The normalized spacial score (nSPS) is 48.1. The second-order valence-electron chi connectivity index (χ2n) is 42.4. The minimum absolute atomic E-state index is 0. The number of quaternary nitrogens is 2. The van der Waals surface area contributed by atoms with Gasteiger partial charge in [0.2, 0.25) is 0 Å². The zero-order chi connectivity index (χ0) is 77.6. The second kappa shape index (κ2) is 35.7. The molecule has 30 atom stereocenters. The van der Waals surface area contributed by atoms with Gasteiger partial charge in [-0.1, -0.05) is 54.2 Å². The molecule has 18 aliphatic rings. The molecule has 0 aromatic heterocycles. The summed E-state index contributed by atoms with van der Waals surface area (Å²) in [6.07, 6.45) is 37.1. The molecule has 18 rings (SSSR count). The highest BCUT2D eigenvalue weighted by molar-refractivity contribution is 8.93. The van der Waals surface area contributed by atoms with Crippen molar-refractivity contribution >= 4 is 34.9 Å². The van der Waals surface area contributed by atoms with Gasteiger partial charge < -0.3 is 69.7 Å². The highest BCUT2D eigenvalue weighted by atomic mass is 79.9. The first kappa shape index (κ1) is 87.7. The predicted molar refractivity (Wildman–Crippen MR) is 441 cm³/mol. The van der Waals surface area contributed by atoms with Crippen molar-refractivity contribution in [3.63, 3.8) is 0 Å². The van der Waals surface area contributed by atoms with Crippen molar-refractivity contribution < 1.29 is 84.1 Å². The number of hydrogen-bond acceptors (Lipinski definition) is 16. The third-order valence-electron chi connectivity index (χ3n) is 37.7. The number of morpholine rings is 3. The van der Waals surface area contributed by atoms with Gasteiger partial charge in [-0.2, -0.15) is 0 Å². The highest BCUT2D eigenvalue weighted by Gasteiger charge is 2.70. The number of ether oxygens (including phenoxy) is 7. The van der Waals surface area contributed by atoms with Gasteiger partial charge in [-0.15, -0.1) is 23.6 Å². The van der Waals surface area contributed by atoms with Crippen molar-refractivity contribution in [1.82, 2.24) is 19.6 Å². The molecule has 0 radical (unpaired) electrons. The number of rotatable bonds is 14. The fourth-order valence-electron chi connectivity index (χ4n) is 32.4. The Bertz CT molecular complexity index is 3230. The van der Waals surface area contributed by atoms with Gasteiger partial charge in [0.15, 0.2) is 0 Å². The minimum Gasteiger partial charge on any atom is -1.00 e. The average Bonchev–Trinajstić information content (AvgIpc) is 1.63. The molecule has 6 heterocycles. The molecule has 12 aliphatic carbocycles. The number of nitrogens with one attached hydrogen (secondary N) is 1. The van der Waals surface area contributed by atoms with Crippen LogP contribution in [0.4, 0.5) is 0 Å². The minimum atomic E-state index is -0.226. The molecule has 0 spiro atoms. The average molecular weight is 1710 g/mol. The number of carbonyl (C=O) groups is 3. The summed E-state index contributed by atoms with van der Waals surface area (Å²) in [6.45, 7) is 47.8. The van der Waals surface area contributed by atoms with Gasteiger partial charge in [-0.25, -0.2) is 0 Å². The van der Waals surface area contributed by atoms with Crippen LogP contribution in [0.1, 0.15) is 236 Å². The molecular formula is C93H155Br2N6O12+. The van der Waals surface area contributed by atoms with Crippen LogP contribution < -0.4 is 21.9 Å². The fraction of sp³-hybridized carbons (Fsp3) is 0.925. The molecule has 6 aliphatic heterocycles. The molecule has 113 heavy (non-hydrogen) atoms. The monoisotopic (exact) mass is 1710 g/mol. The highest BCUT2D eigenvalue weighted by Crippen LogP contribution is 2.71. The lowest BCUT2D eigenvalue weighted by Crippen LogP contribution is -3.19. The Balaban J connectivity index is 0.000000139. The summed E-state index contributed by atoms with van der Waals surface area (Å²) in [6, 6.07) is 2.31. The Morgan fingerprint density at radius 3 is 1.25 bits per heavy atom. The molecule has 18 nitrogen and oxygen atoms in total. The van der Waals surface area contributed by atoms with E-state index in [9.17, 15) is 24.6 Å². The van der Waals surface area contributed by atoms with Gasteiger partial charge in [-0.05, 0) is 293 Å².